The van der Waals surface area contributed by atoms with E-state index in [0.717, 1.165) is 0 Å². The first-order valence-electron chi connectivity index (χ1n) is 6.26. The molecule has 0 bridgehead atoms. The number of carboxylic acid groups (broad SMARTS) is 1. The summed E-state index contributed by atoms with van der Waals surface area (Å²) in [5.41, 5.74) is -0.653. The molecule has 0 aromatic carbocycles. The number of rotatable bonds is 9. The van der Waals surface area contributed by atoms with E-state index in [-0.39, 0.29) is 19.0 Å². The van der Waals surface area contributed by atoms with Crippen molar-refractivity contribution in [2.24, 2.45) is 0 Å². The van der Waals surface area contributed by atoms with E-state index in [9.17, 15) is 9.59 Å². The number of terminal acetylenes is 1. The largest absolute Gasteiger partial charge is 0.480 e. The molecule has 0 spiro atoms. The van der Waals surface area contributed by atoms with Crippen LogP contribution in [0.15, 0.2) is 12.7 Å². The van der Waals surface area contributed by atoms with Gasteiger partial charge in [-0.25, -0.2) is 0 Å². The van der Waals surface area contributed by atoms with Crippen molar-refractivity contribution >= 4 is 11.9 Å². The van der Waals surface area contributed by atoms with Crippen molar-refractivity contribution in [3.05, 3.63) is 12.7 Å². The van der Waals surface area contributed by atoms with Gasteiger partial charge in [0.15, 0.2) is 0 Å². The van der Waals surface area contributed by atoms with Gasteiger partial charge in [0.1, 0.15) is 5.54 Å². The minimum absolute atomic E-state index is 0.0122. The molecular formula is C14H22N2O3. The fourth-order valence-corrected chi connectivity index (χ4v) is 1.74. The summed E-state index contributed by atoms with van der Waals surface area (Å²) in [6.45, 7) is 7.46. The van der Waals surface area contributed by atoms with Crippen molar-refractivity contribution in [3.8, 4) is 12.3 Å². The smallest absolute Gasteiger partial charge is 0.317 e. The minimum atomic E-state index is -0.983. The fraction of sp³-hybridized carbons (Fsp3) is 0.571. The maximum absolute atomic E-state index is 11.9. The summed E-state index contributed by atoms with van der Waals surface area (Å²) in [6, 6.07) is 0. The second kappa shape index (κ2) is 8.33. The third kappa shape index (κ3) is 6.07. The molecule has 0 saturated heterocycles. The van der Waals surface area contributed by atoms with Crippen molar-refractivity contribution in [3.63, 3.8) is 0 Å². The number of hydrogen-bond acceptors (Lipinski definition) is 3. The molecule has 1 amide bonds. The molecule has 0 aliphatic rings. The van der Waals surface area contributed by atoms with Crippen LogP contribution < -0.4 is 5.32 Å². The van der Waals surface area contributed by atoms with Gasteiger partial charge < -0.3 is 10.4 Å². The molecule has 0 aliphatic heterocycles. The lowest BCUT2D eigenvalue weighted by Crippen LogP contribution is -2.50. The third-order valence-corrected chi connectivity index (χ3v) is 2.98. The zero-order chi connectivity index (χ0) is 14.9. The van der Waals surface area contributed by atoms with Crippen LogP contribution in [0.5, 0.6) is 0 Å². The molecule has 0 radical (unpaired) electrons. The van der Waals surface area contributed by atoms with Gasteiger partial charge >= 0.3 is 5.97 Å². The van der Waals surface area contributed by atoms with Crippen LogP contribution in [0.2, 0.25) is 0 Å². The average Bonchev–Trinajstić information content (AvgIpc) is 2.35. The molecule has 0 aromatic rings. The van der Waals surface area contributed by atoms with Crippen LogP contribution in [-0.4, -0.2) is 47.1 Å². The Morgan fingerprint density at radius 3 is 2.37 bits per heavy atom. The highest BCUT2D eigenvalue weighted by Gasteiger charge is 2.26. The monoisotopic (exact) mass is 266 g/mol. The van der Waals surface area contributed by atoms with Crippen LogP contribution in [0.25, 0.3) is 0 Å². The summed E-state index contributed by atoms with van der Waals surface area (Å²) >= 11 is 0. The van der Waals surface area contributed by atoms with Gasteiger partial charge in [0, 0.05) is 6.54 Å². The molecule has 0 aliphatic carbocycles. The maximum atomic E-state index is 11.9. The Balaban J connectivity index is 4.60. The number of hydrogen-bond donors (Lipinski definition) is 2. The van der Waals surface area contributed by atoms with Gasteiger partial charge in [-0.3, -0.25) is 14.5 Å². The Morgan fingerprint density at radius 2 is 2.00 bits per heavy atom. The average molecular weight is 266 g/mol. The van der Waals surface area contributed by atoms with E-state index in [1.54, 1.807) is 6.08 Å². The van der Waals surface area contributed by atoms with E-state index in [1.807, 2.05) is 13.8 Å². The van der Waals surface area contributed by atoms with E-state index in [1.165, 1.54) is 4.90 Å². The van der Waals surface area contributed by atoms with Crippen LogP contribution in [0.3, 0.4) is 0 Å². The van der Waals surface area contributed by atoms with Gasteiger partial charge in [0.2, 0.25) is 5.91 Å². The number of nitrogens with zero attached hydrogens (tertiary/aromatic N) is 1. The Labute approximate surface area is 114 Å². The molecule has 0 aromatic heterocycles. The molecule has 0 unspecified atom stereocenters. The van der Waals surface area contributed by atoms with Gasteiger partial charge in [-0.1, -0.05) is 25.8 Å². The molecule has 106 valence electrons. The predicted octanol–water partition coefficient (Wildman–Crippen LogP) is 0.867. The lowest BCUT2D eigenvalue weighted by atomic mass is 9.94. The van der Waals surface area contributed by atoms with Gasteiger partial charge in [-0.2, -0.15) is 0 Å². The molecule has 5 nitrogen and oxygen atoms in total. The Hall–Kier alpha value is -1.80. The van der Waals surface area contributed by atoms with E-state index in [0.29, 0.717) is 19.4 Å². The van der Waals surface area contributed by atoms with Gasteiger partial charge in [0.05, 0.1) is 13.1 Å². The van der Waals surface area contributed by atoms with Crippen molar-refractivity contribution in [1.29, 1.82) is 0 Å². The zero-order valence-corrected chi connectivity index (χ0v) is 11.6. The first-order chi connectivity index (χ1) is 8.92. The number of amides is 1. The Bertz CT molecular complexity index is 367. The predicted molar refractivity (Wildman–Crippen MR) is 74.6 cm³/mol. The first-order valence-corrected chi connectivity index (χ1v) is 6.26. The standard InChI is InChI=1S/C14H22N2O3/c1-5-9-16(11-13(18)19)10-12(17)15-14(6-2,7-3)8-4/h2,5H,1,7-11H2,3-4H3,(H,15,17)(H,18,19). The summed E-state index contributed by atoms with van der Waals surface area (Å²) in [4.78, 5) is 24.1. The van der Waals surface area contributed by atoms with Crippen molar-refractivity contribution in [2.75, 3.05) is 19.6 Å². The highest BCUT2D eigenvalue weighted by atomic mass is 16.4. The first kappa shape index (κ1) is 17.2. The summed E-state index contributed by atoms with van der Waals surface area (Å²) in [6.07, 6.45) is 8.28. The van der Waals surface area contributed by atoms with Gasteiger partial charge in [-0.05, 0) is 12.8 Å². The number of nitrogens with one attached hydrogen (secondary N) is 1. The second-order valence-corrected chi connectivity index (χ2v) is 4.33. The molecule has 0 atom stereocenters. The molecule has 0 rings (SSSR count). The van der Waals surface area contributed by atoms with Gasteiger partial charge in [-0.15, -0.1) is 13.0 Å². The Kier molecular flexibility index (Phi) is 7.54. The lowest BCUT2D eigenvalue weighted by Gasteiger charge is -2.28. The molecule has 19 heavy (non-hydrogen) atoms. The normalized spacial score (nSPS) is 10.8. The van der Waals surface area contributed by atoms with Crippen molar-refractivity contribution in [1.82, 2.24) is 10.2 Å². The van der Waals surface area contributed by atoms with Crippen LogP contribution in [0, 0.1) is 12.3 Å². The van der Waals surface area contributed by atoms with Crippen LogP contribution >= 0.6 is 0 Å². The molecular weight excluding hydrogens is 244 g/mol. The SMILES string of the molecule is C#CC(CC)(CC)NC(=O)CN(CC=C)CC(=O)O. The maximum Gasteiger partial charge on any atom is 0.317 e. The summed E-state index contributed by atoms with van der Waals surface area (Å²) < 4.78 is 0. The van der Waals surface area contributed by atoms with Crippen LogP contribution in [0.1, 0.15) is 26.7 Å². The lowest BCUT2D eigenvalue weighted by molar-refractivity contribution is -0.138. The van der Waals surface area contributed by atoms with Crippen LogP contribution in [-0.2, 0) is 9.59 Å². The number of aliphatic carboxylic acids is 1. The summed E-state index contributed by atoms with van der Waals surface area (Å²) in [5.74, 6) is 1.35. The quantitative estimate of drug-likeness (QED) is 0.480. The number of carbonyl (C=O) groups excluding carboxylic acids is 1. The van der Waals surface area contributed by atoms with Crippen molar-refractivity contribution < 1.29 is 14.7 Å². The van der Waals surface area contributed by atoms with E-state index in [4.69, 9.17) is 11.5 Å². The fourth-order valence-electron chi connectivity index (χ4n) is 1.74. The van der Waals surface area contributed by atoms with Gasteiger partial charge in [0.25, 0.3) is 0 Å². The van der Waals surface area contributed by atoms with E-state index >= 15 is 0 Å². The second-order valence-electron chi connectivity index (χ2n) is 4.33. The molecule has 2 N–H and O–H groups in total. The topological polar surface area (TPSA) is 69.6 Å². The summed E-state index contributed by atoms with van der Waals surface area (Å²) in [7, 11) is 0. The number of carbonyl (C=O) groups is 2. The molecule has 5 heteroatoms. The number of carboxylic acids is 1. The Morgan fingerprint density at radius 1 is 1.42 bits per heavy atom. The molecule has 0 saturated carbocycles. The van der Waals surface area contributed by atoms with Crippen molar-refractivity contribution in [2.45, 2.75) is 32.2 Å². The molecule has 0 fully saturated rings. The highest BCUT2D eigenvalue weighted by molar-refractivity contribution is 5.80. The van der Waals surface area contributed by atoms with E-state index in [2.05, 4.69) is 17.8 Å². The summed E-state index contributed by atoms with van der Waals surface area (Å²) in [5, 5.41) is 11.6. The van der Waals surface area contributed by atoms with E-state index < -0.39 is 11.5 Å². The van der Waals surface area contributed by atoms with Crippen LogP contribution in [0.4, 0.5) is 0 Å². The zero-order valence-electron chi connectivity index (χ0n) is 11.6. The minimum Gasteiger partial charge on any atom is -0.480 e. The third-order valence-electron chi connectivity index (χ3n) is 2.98. The highest BCUT2D eigenvalue weighted by Crippen LogP contribution is 2.13. The molecule has 0 heterocycles.